The summed E-state index contributed by atoms with van der Waals surface area (Å²) < 4.78 is 4.54. The molecule has 2 N–H and O–H groups in total. The lowest BCUT2D eigenvalue weighted by Gasteiger charge is -2.06. The summed E-state index contributed by atoms with van der Waals surface area (Å²) in [5.74, 6) is -0.365. The number of anilines is 1. The first-order valence-electron chi connectivity index (χ1n) is 4.44. The Morgan fingerprint density at radius 2 is 2.27 bits per heavy atom. The van der Waals surface area contributed by atoms with Crippen LogP contribution in [0, 0.1) is 18.3 Å². The van der Waals surface area contributed by atoms with E-state index >= 15 is 0 Å². The largest absolute Gasteiger partial charge is 0.469 e. The summed E-state index contributed by atoms with van der Waals surface area (Å²) in [6.45, 7) is 1.83. The van der Waals surface area contributed by atoms with Gasteiger partial charge in [0.2, 0.25) is 0 Å². The Morgan fingerprint density at radius 1 is 1.60 bits per heavy atom. The van der Waals surface area contributed by atoms with Crippen molar-refractivity contribution in [1.82, 2.24) is 0 Å². The molecule has 0 saturated carbocycles. The zero-order chi connectivity index (χ0) is 11.4. The summed E-state index contributed by atoms with van der Waals surface area (Å²) in [5, 5.41) is 8.86. The minimum absolute atomic E-state index is 0.0977. The fourth-order valence-corrected chi connectivity index (χ4v) is 1.26. The molecule has 4 nitrogen and oxygen atoms in total. The van der Waals surface area contributed by atoms with Crippen LogP contribution >= 0.6 is 0 Å². The Morgan fingerprint density at radius 3 is 2.80 bits per heavy atom. The van der Waals surface area contributed by atoms with Crippen molar-refractivity contribution in [2.24, 2.45) is 0 Å². The predicted molar refractivity (Wildman–Crippen MR) is 56.0 cm³/mol. The van der Waals surface area contributed by atoms with E-state index in [2.05, 4.69) is 4.74 Å². The highest BCUT2D eigenvalue weighted by Crippen LogP contribution is 2.18. The van der Waals surface area contributed by atoms with Gasteiger partial charge in [-0.3, -0.25) is 4.79 Å². The zero-order valence-corrected chi connectivity index (χ0v) is 8.70. The van der Waals surface area contributed by atoms with Crippen LogP contribution in [0.25, 0.3) is 0 Å². The number of ether oxygens (including phenoxy) is 1. The van der Waals surface area contributed by atoms with Crippen LogP contribution in [0.3, 0.4) is 0 Å². The molecule has 0 heterocycles. The molecular formula is C11H12N2O2. The van der Waals surface area contributed by atoms with Gasteiger partial charge in [0.1, 0.15) is 0 Å². The van der Waals surface area contributed by atoms with E-state index in [0.717, 1.165) is 5.56 Å². The number of carbonyl (C=O) groups is 1. The van der Waals surface area contributed by atoms with Crippen molar-refractivity contribution in [2.45, 2.75) is 13.3 Å². The highest BCUT2D eigenvalue weighted by Gasteiger charge is 2.09. The number of esters is 1. The molecule has 4 heteroatoms. The fraction of sp³-hybridized carbons (Fsp3) is 0.273. The number of nitriles is 1. The topological polar surface area (TPSA) is 76.1 Å². The van der Waals surface area contributed by atoms with Gasteiger partial charge in [-0.05, 0) is 24.1 Å². The van der Waals surface area contributed by atoms with E-state index in [1.54, 1.807) is 12.1 Å². The summed E-state index contributed by atoms with van der Waals surface area (Å²) in [7, 11) is 1.32. The van der Waals surface area contributed by atoms with Crippen LogP contribution in [0.15, 0.2) is 12.1 Å². The average Bonchev–Trinajstić information content (AvgIpc) is 2.22. The number of hydrogen-bond acceptors (Lipinski definition) is 4. The van der Waals surface area contributed by atoms with Crippen molar-refractivity contribution in [3.05, 3.63) is 28.8 Å². The van der Waals surface area contributed by atoms with Gasteiger partial charge in [0.15, 0.2) is 0 Å². The summed E-state index contributed by atoms with van der Waals surface area (Å²) >= 11 is 0. The lowest BCUT2D eigenvalue weighted by molar-refractivity contribution is -0.139. The number of carbonyl (C=O) groups excluding carboxylic acids is 1. The number of aryl methyl sites for hydroxylation is 1. The van der Waals surface area contributed by atoms with E-state index in [-0.39, 0.29) is 12.4 Å². The third-order valence-corrected chi connectivity index (χ3v) is 2.17. The molecule has 0 aromatic heterocycles. The minimum Gasteiger partial charge on any atom is -0.469 e. The molecule has 1 aromatic rings. The van der Waals surface area contributed by atoms with Gasteiger partial charge >= 0.3 is 5.97 Å². The molecule has 78 valence electrons. The molecular weight excluding hydrogens is 192 g/mol. The van der Waals surface area contributed by atoms with Gasteiger partial charge < -0.3 is 10.5 Å². The van der Waals surface area contributed by atoms with Gasteiger partial charge in [0.05, 0.1) is 25.2 Å². The van der Waals surface area contributed by atoms with Gasteiger partial charge in [-0.15, -0.1) is 0 Å². The first-order chi connectivity index (χ1) is 7.08. The second kappa shape index (κ2) is 4.47. The van der Waals surface area contributed by atoms with Crippen molar-refractivity contribution in [3.63, 3.8) is 0 Å². The van der Waals surface area contributed by atoms with E-state index in [4.69, 9.17) is 11.0 Å². The third kappa shape index (κ3) is 2.47. The molecule has 0 aliphatic rings. The summed E-state index contributed by atoms with van der Waals surface area (Å²) in [4.78, 5) is 11.1. The molecule has 0 fully saturated rings. The number of hydrogen-bond donors (Lipinski definition) is 1. The molecule has 1 rings (SSSR count). The van der Waals surface area contributed by atoms with Crippen molar-refractivity contribution in [1.29, 1.82) is 5.26 Å². The Labute approximate surface area is 88.3 Å². The van der Waals surface area contributed by atoms with Crippen LogP contribution in [-0.2, 0) is 16.0 Å². The quantitative estimate of drug-likeness (QED) is 0.579. The van der Waals surface area contributed by atoms with E-state index < -0.39 is 0 Å². The Balaban J connectivity index is 3.12. The molecule has 0 aliphatic heterocycles. The van der Waals surface area contributed by atoms with Crippen LogP contribution in [0.5, 0.6) is 0 Å². The van der Waals surface area contributed by atoms with Crippen molar-refractivity contribution >= 4 is 11.7 Å². The van der Waals surface area contributed by atoms with E-state index in [0.29, 0.717) is 16.8 Å². The first kappa shape index (κ1) is 11.1. The third-order valence-electron chi connectivity index (χ3n) is 2.17. The number of methoxy groups -OCH3 is 1. The standard InChI is InChI=1S/C11H12N2O2/c1-7-3-8(5-11(14)15-2)9(6-12)4-10(7)13/h3-4H,5,13H2,1-2H3. The Hall–Kier alpha value is -2.02. The maximum absolute atomic E-state index is 11.1. The summed E-state index contributed by atoms with van der Waals surface area (Å²) in [5.41, 5.74) is 8.14. The molecule has 0 amide bonds. The Bertz CT molecular complexity index is 433. The molecule has 0 atom stereocenters. The van der Waals surface area contributed by atoms with Crippen LogP contribution in [-0.4, -0.2) is 13.1 Å². The molecule has 0 unspecified atom stereocenters. The number of nitrogens with zero attached hydrogens (tertiary/aromatic N) is 1. The van der Waals surface area contributed by atoms with Gasteiger partial charge in [-0.25, -0.2) is 0 Å². The maximum atomic E-state index is 11.1. The zero-order valence-electron chi connectivity index (χ0n) is 8.70. The van der Waals surface area contributed by atoms with E-state index in [9.17, 15) is 4.79 Å². The number of nitrogens with two attached hydrogens (primary N) is 1. The highest BCUT2D eigenvalue weighted by atomic mass is 16.5. The number of rotatable bonds is 2. The second-order valence-electron chi connectivity index (χ2n) is 3.23. The Kier molecular flexibility index (Phi) is 3.29. The van der Waals surface area contributed by atoms with Crippen LogP contribution in [0.1, 0.15) is 16.7 Å². The van der Waals surface area contributed by atoms with E-state index in [1.165, 1.54) is 7.11 Å². The van der Waals surface area contributed by atoms with Gasteiger partial charge in [-0.1, -0.05) is 6.07 Å². The predicted octanol–water partition coefficient (Wildman–Crippen LogP) is 1.16. The van der Waals surface area contributed by atoms with Crippen molar-refractivity contribution in [2.75, 3.05) is 12.8 Å². The summed E-state index contributed by atoms with van der Waals surface area (Å²) in [6.07, 6.45) is 0.0977. The molecule has 0 saturated heterocycles. The minimum atomic E-state index is -0.365. The monoisotopic (exact) mass is 204 g/mol. The SMILES string of the molecule is COC(=O)Cc1cc(C)c(N)cc1C#N. The summed E-state index contributed by atoms with van der Waals surface area (Å²) in [6, 6.07) is 5.32. The number of nitrogen functional groups attached to an aromatic ring is 1. The smallest absolute Gasteiger partial charge is 0.310 e. The van der Waals surface area contributed by atoms with Gasteiger partial charge in [0.25, 0.3) is 0 Å². The molecule has 0 bridgehead atoms. The van der Waals surface area contributed by atoms with Crippen LogP contribution in [0.2, 0.25) is 0 Å². The highest BCUT2D eigenvalue weighted by molar-refractivity contribution is 5.74. The average molecular weight is 204 g/mol. The maximum Gasteiger partial charge on any atom is 0.310 e. The first-order valence-corrected chi connectivity index (χ1v) is 4.44. The van der Waals surface area contributed by atoms with Crippen LogP contribution < -0.4 is 5.73 Å². The van der Waals surface area contributed by atoms with Crippen LogP contribution in [0.4, 0.5) is 5.69 Å². The molecule has 0 spiro atoms. The van der Waals surface area contributed by atoms with Crippen molar-refractivity contribution < 1.29 is 9.53 Å². The molecule has 1 aromatic carbocycles. The van der Waals surface area contributed by atoms with E-state index in [1.807, 2.05) is 13.0 Å². The van der Waals surface area contributed by atoms with Gasteiger partial charge in [-0.2, -0.15) is 5.26 Å². The molecule has 0 radical (unpaired) electrons. The second-order valence-corrected chi connectivity index (χ2v) is 3.23. The molecule has 0 aliphatic carbocycles. The lowest BCUT2D eigenvalue weighted by atomic mass is 10.0. The van der Waals surface area contributed by atoms with Crippen molar-refractivity contribution in [3.8, 4) is 6.07 Å². The van der Waals surface area contributed by atoms with Gasteiger partial charge in [0, 0.05) is 5.69 Å². The fourth-order valence-electron chi connectivity index (χ4n) is 1.26. The lowest BCUT2D eigenvalue weighted by Crippen LogP contribution is -2.07. The normalized spacial score (nSPS) is 9.40. The number of benzene rings is 1. The molecule has 15 heavy (non-hydrogen) atoms.